The van der Waals surface area contributed by atoms with Crippen molar-refractivity contribution in [2.45, 2.75) is 13.5 Å². The topological polar surface area (TPSA) is 50.6 Å². The number of quaternary nitrogens is 1. The van der Waals surface area contributed by atoms with Gasteiger partial charge in [0.25, 0.3) is 5.91 Å². The fourth-order valence-electron chi connectivity index (χ4n) is 2.37. The Bertz CT molecular complexity index is 762. The summed E-state index contributed by atoms with van der Waals surface area (Å²) in [4.78, 5) is 24.5. The van der Waals surface area contributed by atoms with Crippen molar-refractivity contribution in [3.8, 4) is 0 Å². The van der Waals surface area contributed by atoms with Gasteiger partial charge in [0.15, 0.2) is 12.3 Å². The lowest BCUT2D eigenvalue weighted by Gasteiger charge is -2.15. The summed E-state index contributed by atoms with van der Waals surface area (Å²) in [5.41, 5.74) is 2.08. The molecule has 0 heterocycles. The Hall–Kier alpha value is -1.88. The van der Waals surface area contributed by atoms with Crippen LogP contribution < -0.4 is 10.2 Å². The number of Topliss-reactive ketones (excluding diaryl/α,β-unsaturated/α-hetero) is 1. The highest BCUT2D eigenvalue weighted by atomic mass is 35.5. The van der Waals surface area contributed by atoms with Crippen LogP contribution >= 0.6 is 23.2 Å². The van der Waals surface area contributed by atoms with Gasteiger partial charge in [0, 0.05) is 16.8 Å². The van der Waals surface area contributed by atoms with Gasteiger partial charge in [-0.05, 0) is 25.1 Å². The average molecular weight is 366 g/mol. The monoisotopic (exact) mass is 365 g/mol. The van der Waals surface area contributed by atoms with Crippen LogP contribution in [0.25, 0.3) is 0 Å². The van der Waals surface area contributed by atoms with Crippen molar-refractivity contribution in [1.82, 2.24) is 0 Å². The number of anilines is 1. The van der Waals surface area contributed by atoms with E-state index >= 15 is 0 Å². The molecule has 1 unspecified atom stereocenters. The van der Waals surface area contributed by atoms with E-state index in [2.05, 4.69) is 5.32 Å². The molecule has 126 valence electrons. The third-order valence-electron chi connectivity index (χ3n) is 3.54. The minimum absolute atomic E-state index is 0.0376. The number of hydrogen-bond acceptors (Lipinski definition) is 2. The van der Waals surface area contributed by atoms with Gasteiger partial charge in [0.1, 0.15) is 6.54 Å². The maximum absolute atomic E-state index is 12.2. The maximum Gasteiger partial charge on any atom is 0.279 e. The van der Waals surface area contributed by atoms with E-state index in [0.29, 0.717) is 27.8 Å². The van der Waals surface area contributed by atoms with Crippen LogP contribution in [0, 0.1) is 0 Å². The molecule has 0 aliphatic carbocycles. The molecule has 0 spiro atoms. The third-order valence-corrected chi connectivity index (χ3v) is 4.40. The van der Waals surface area contributed by atoms with Gasteiger partial charge in [-0.15, -0.1) is 0 Å². The van der Waals surface area contributed by atoms with E-state index in [9.17, 15) is 9.59 Å². The average Bonchev–Trinajstić information content (AvgIpc) is 2.51. The van der Waals surface area contributed by atoms with Crippen molar-refractivity contribution in [3.05, 3.63) is 63.6 Å². The van der Waals surface area contributed by atoms with Crippen molar-refractivity contribution in [2.75, 3.05) is 18.9 Å². The molecule has 6 heteroatoms. The fourth-order valence-corrected chi connectivity index (χ4v) is 2.75. The van der Waals surface area contributed by atoms with Crippen LogP contribution in [0.4, 0.5) is 5.69 Å². The number of hydrogen-bond donors (Lipinski definition) is 2. The first-order valence-electron chi connectivity index (χ1n) is 7.52. The molecule has 24 heavy (non-hydrogen) atoms. The SMILES string of the molecule is CC(=O)c1cccc(NC(=O)C[NH+](C)Cc2cccc(Cl)c2Cl)c1. The lowest BCUT2D eigenvalue weighted by molar-refractivity contribution is -0.885. The number of benzene rings is 2. The summed E-state index contributed by atoms with van der Waals surface area (Å²) in [5, 5.41) is 3.84. The summed E-state index contributed by atoms with van der Waals surface area (Å²) in [5.74, 6) is -0.171. The van der Waals surface area contributed by atoms with Crippen molar-refractivity contribution in [1.29, 1.82) is 0 Å². The van der Waals surface area contributed by atoms with E-state index in [1.807, 2.05) is 19.2 Å². The Morgan fingerprint density at radius 3 is 2.54 bits per heavy atom. The summed E-state index contributed by atoms with van der Waals surface area (Å²) in [6.07, 6.45) is 0. The molecule has 2 aromatic carbocycles. The van der Waals surface area contributed by atoms with Crippen molar-refractivity contribution in [2.24, 2.45) is 0 Å². The van der Waals surface area contributed by atoms with Gasteiger partial charge in [-0.3, -0.25) is 9.59 Å². The van der Waals surface area contributed by atoms with Crippen LogP contribution in [-0.4, -0.2) is 25.3 Å². The van der Waals surface area contributed by atoms with Crippen LogP contribution in [0.3, 0.4) is 0 Å². The lowest BCUT2D eigenvalue weighted by Crippen LogP contribution is -3.08. The first-order chi connectivity index (χ1) is 11.4. The molecule has 2 rings (SSSR count). The molecule has 0 saturated heterocycles. The molecule has 0 fully saturated rings. The first-order valence-corrected chi connectivity index (χ1v) is 8.27. The van der Waals surface area contributed by atoms with Gasteiger partial charge in [-0.1, -0.05) is 47.5 Å². The summed E-state index contributed by atoms with van der Waals surface area (Å²) in [6.45, 7) is 2.35. The second kappa shape index (κ2) is 8.29. The highest BCUT2D eigenvalue weighted by Crippen LogP contribution is 2.24. The molecule has 0 bridgehead atoms. The van der Waals surface area contributed by atoms with Crippen LogP contribution in [0.1, 0.15) is 22.8 Å². The molecule has 0 aliphatic heterocycles. The second-order valence-electron chi connectivity index (χ2n) is 5.71. The highest BCUT2D eigenvalue weighted by molar-refractivity contribution is 6.42. The zero-order valence-corrected chi connectivity index (χ0v) is 15.0. The largest absolute Gasteiger partial charge is 0.326 e. The number of amides is 1. The minimum atomic E-state index is -0.133. The highest BCUT2D eigenvalue weighted by Gasteiger charge is 2.14. The summed E-state index contributed by atoms with van der Waals surface area (Å²) < 4.78 is 0. The van der Waals surface area contributed by atoms with Gasteiger partial charge in [0.2, 0.25) is 0 Å². The van der Waals surface area contributed by atoms with E-state index in [1.54, 1.807) is 30.3 Å². The number of halogens is 2. The Labute approximate surface area is 151 Å². The zero-order chi connectivity index (χ0) is 17.7. The number of rotatable bonds is 6. The van der Waals surface area contributed by atoms with Gasteiger partial charge < -0.3 is 10.2 Å². The summed E-state index contributed by atoms with van der Waals surface area (Å²) in [7, 11) is 1.91. The molecule has 1 atom stereocenters. The Morgan fingerprint density at radius 2 is 1.83 bits per heavy atom. The van der Waals surface area contributed by atoms with Crippen LogP contribution in [0.5, 0.6) is 0 Å². The number of nitrogens with one attached hydrogen (secondary N) is 2. The standard InChI is InChI=1S/C18H18Cl2N2O2/c1-12(23)13-5-3-7-15(9-13)21-17(24)11-22(2)10-14-6-4-8-16(19)18(14)20/h3-9H,10-11H2,1-2H3,(H,21,24)/p+1. The molecule has 1 amide bonds. The first kappa shape index (κ1) is 18.5. The maximum atomic E-state index is 12.2. The molecule has 2 aromatic rings. The molecule has 2 N–H and O–H groups in total. The van der Waals surface area contributed by atoms with Crippen LogP contribution in [0.15, 0.2) is 42.5 Å². The second-order valence-corrected chi connectivity index (χ2v) is 6.49. The van der Waals surface area contributed by atoms with Gasteiger partial charge in [-0.2, -0.15) is 0 Å². The Kier molecular flexibility index (Phi) is 6.37. The van der Waals surface area contributed by atoms with E-state index in [1.165, 1.54) is 6.92 Å². The van der Waals surface area contributed by atoms with Crippen molar-refractivity contribution in [3.63, 3.8) is 0 Å². The molecule has 0 saturated carbocycles. The predicted octanol–water partition coefficient (Wildman–Crippen LogP) is 2.85. The smallest absolute Gasteiger partial charge is 0.279 e. The molecular formula is C18H19Cl2N2O2+. The fraction of sp³-hybridized carbons (Fsp3) is 0.222. The van der Waals surface area contributed by atoms with E-state index in [0.717, 1.165) is 10.5 Å². The molecule has 0 aromatic heterocycles. The predicted molar refractivity (Wildman–Crippen MR) is 97.0 cm³/mol. The molecule has 0 radical (unpaired) electrons. The number of carbonyl (C=O) groups excluding carboxylic acids is 2. The lowest BCUT2D eigenvalue weighted by atomic mass is 10.1. The summed E-state index contributed by atoms with van der Waals surface area (Å²) in [6, 6.07) is 12.4. The van der Waals surface area contributed by atoms with E-state index < -0.39 is 0 Å². The normalized spacial score (nSPS) is 11.8. The quantitative estimate of drug-likeness (QED) is 0.773. The van der Waals surface area contributed by atoms with Gasteiger partial charge in [-0.25, -0.2) is 0 Å². The van der Waals surface area contributed by atoms with Crippen LogP contribution in [-0.2, 0) is 11.3 Å². The number of likely N-dealkylation sites (N-methyl/N-ethyl adjacent to an activating group) is 1. The van der Waals surface area contributed by atoms with Gasteiger partial charge in [0.05, 0.1) is 17.1 Å². The third kappa shape index (κ3) is 5.06. The molecular weight excluding hydrogens is 347 g/mol. The van der Waals surface area contributed by atoms with E-state index in [-0.39, 0.29) is 18.2 Å². The molecule has 0 aliphatic rings. The summed E-state index contributed by atoms with van der Waals surface area (Å²) >= 11 is 12.2. The van der Waals surface area contributed by atoms with Crippen LogP contribution in [0.2, 0.25) is 10.0 Å². The van der Waals surface area contributed by atoms with E-state index in [4.69, 9.17) is 23.2 Å². The Balaban J connectivity index is 1.95. The zero-order valence-electron chi connectivity index (χ0n) is 13.5. The Morgan fingerprint density at radius 1 is 1.12 bits per heavy atom. The van der Waals surface area contributed by atoms with Crippen molar-refractivity contribution >= 4 is 40.6 Å². The number of carbonyl (C=O) groups is 2. The van der Waals surface area contributed by atoms with Crippen molar-refractivity contribution < 1.29 is 14.5 Å². The molecule has 4 nitrogen and oxygen atoms in total. The number of ketones is 1. The van der Waals surface area contributed by atoms with Gasteiger partial charge >= 0.3 is 0 Å². The minimum Gasteiger partial charge on any atom is -0.326 e.